The van der Waals surface area contributed by atoms with E-state index in [0.29, 0.717) is 49.9 Å². The van der Waals surface area contributed by atoms with Gasteiger partial charge in [-0.15, -0.1) is 0 Å². The molecule has 0 radical (unpaired) electrons. The number of methoxy groups -OCH3 is 1. The third kappa shape index (κ3) is 6.69. The first-order chi connectivity index (χ1) is 13.6. The molecule has 156 valence electrons. The van der Waals surface area contributed by atoms with Crippen LogP contribution in [0.25, 0.3) is 0 Å². The Morgan fingerprint density at radius 3 is 2.82 bits per heavy atom. The number of rotatable bonds is 10. The van der Waals surface area contributed by atoms with Crippen molar-refractivity contribution in [1.29, 1.82) is 0 Å². The molecule has 1 aliphatic heterocycles. The lowest BCUT2D eigenvalue weighted by atomic mass is 9.84. The molecule has 8 heteroatoms. The minimum absolute atomic E-state index is 0.0856. The topological polar surface area (TPSA) is 104 Å². The van der Waals surface area contributed by atoms with Crippen LogP contribution in [0.15, 0.2) is 29.3 Å². The number of hydrogen-bond donors (Lipinski definition) is 4. The van der Waals surface area contributed by atoms with Crippen LogP contribution in [0.2, 0.25) is 0 Å². The molecule has 1 unspecified atom stereocenters. The molecule has 1 aliphatic rings. The number of nitrogens with one attached hydrogen (secondary N) is 3. The smallest absolute Gasteiger partial charge is 0.251 e. The van der Waals surface area contributed by atoms with Gasteiger partial charge in [0, 0.05) is 43.8 Å². The molecule has 1 aromatic rings. The van der Waals surface area contributed by atoms with E-state index in [0.717, 1.165) is 19.6 Å². The molecular weight excluding hydrogens is 360 g/mol. The van der Waals surface area contributed by atoms with E-state index in [1.807, 2.05) is 6.92 Å². The number of aliphatic imine (C=N–C) groups is 1. The zero-order chi connectivity index (χ0) is 20.2. The van der Waals surface area contributed by atoms with E-state index in [9.17, 15) is 9.90 Å². The van der Waals surface area contributed by atoms with E-state index in [-0.39, 0.29) is 17.9 Å². The van der Waals surface area contributed by atoms with Gasteiger partial charge in [-0.1, -0.05) is 6.07 Å². The second-order valence-electron chi connectivity index (χ2n) is 6.89. The molecule has 1 atom stereocenters. The number of carbonyl (C=O) groups excluding carboxylic acids is 1. The van der Waals surface area contributed by atoms with Crippen molar-refractivity contribution in [1.82, 2.24) is 16.0 Å². The fraction of sp³-hybridized carbons (Fsp3) is 0.600. The molecule has 0 bridgehead atoms. The van der Waals surface area contributed by atoms with Crippen molar-refractivity contribution < 1.29 is 19.4 Å². The van der Waals surface area contributed by atoms with Gasteiger partial charge in [0.05, 0.1) is 20.3 Å². The van der Waals surface area contributed by atoms with Crippen molar-refractivity contribution in [3.8, 4) is 5.75 Å². The molecule has 1 aromatic carbocycles. The van der Waals surface area contributed by atoms with Crippen molar-refractivity contribution in [3.05, 3.63) is 29.8 Å². The van der Waals surface area contributed by atoms with Gasteiger partial charge in [-0.05, 0) is 38.0 Å². The summed E-state index contributed by atoms with van der Waals surface area (Å²) in [6.45, 7) is 5.84. The lowest BCUT2D eigenvalue weighted by Crippen LogP contribution is -2.42. The Hall–Kier alpha value is -2.32. The van der Waals surface area contributed by atoms with E-state index < -0.39 is 0 Å². The SMILES string of the molecule is CCNC(=NCC1(CCO)CCOC1)NCCNC(=O)c1cccc(OC)c1. The van der Waals surface area contributed by atoms with Crippen LogP contribution < -0.4 is 20.7 Å². The van der Waals surface area contributed by atoms with Crippen LogP contribution in [0.1, 0.15) is 30.1 Å². The normalized spacial score (nSPS) is 19.3. The predicted molar refractivity (Wildman–Crippen MR) is 109 cm³/mol. The summed E-state index contributed by atoms with van der Waals surface area (Å²) in [7, 11) is 1.57. The van der Waals surface area contributed by atoms with E-state index in [1.54, 1.807) is 31.4 Å². The highest BCUT2D eigenvalue weighted by molar-refractivity contribution is 5.94. The van der Waals surface area contributed by atoms with Crippen molar-refractivity contribution in [3.63, 3.8) is 0 Å². The number of ether oxygens (including phenoxy) is 2. The molecule has 0 aromatic heterocycles. The number of hydrogen-bond acceptors (Lipinski definition) is 5. The Labute approximate surface area is 166 Å². The second kappa shape index (κ2) is 11.5. The van der Waals surface area contributed by atoms with Crippen LogP contribution in [0.3, 0.4) is 0 Å². The summed E-state index contributed by atoms with van der Waals surface area (Å²) in [4.78, 5) is 16.9. The van der Waals surface area contributed by atoms with E-state index >= 15 is 0 Å². The van der Waals surface area contributed by atoms with Crippen molar-refractivity contribution in [2.24, 2.45) is 10.4 Å². The van der Waals surface area contributed by atoms with Crippen LogP contribution in [0.4, 0.5) is 0 Å². The summed E-state index contributed by atoms with van der Waals surface area (Å²) in [6, 6.07) is 7.05. The second-order valence-corrected chi connectivity index (χ2v) is 6.89. The highest BCUT2D eigenvalue weighted by atomic mass is 16.5. The van der Waals surface area contributed by atoms with Gasteiger partial charge in [0.1, 0.15) is 5.75 Å². The first-order valence-electron chi connectivity index (χ1n) is 9.75. The average molecular weight is 393 g/mol. The minimum atomic E-state index is -0.146. The van der Waals surface area contributed by atoms with Crippen molar-refractivity contribution in [2.45, 2.75) is 19.8 Å². The quantitative estimate of drug-likeness (QED) is 0.266. The largest absolute Gasteiger partial charge is 0.497 e. The van der Waals surface area contributed by atoms with Crippen LogP contribution in [0, 0.1) is 5.41 Å². The summed E-state index contributed by atoms with van der Waals surface area (Å²) in [6.07, 6.45) is 1.60. The summed E-state index contributed by atoms with van der Waals surface area (Å²) < 4.78 is 10.7. The maximum atomic E-state index is 12.2. The minimum Gasteiger partial charge on any atom is -0.497 e. The van der Waals surface area contributed by atoms with Gasteiger partial charge in [-0.2, -0.15) is 0 Å². The number of aliphatic hydroxyl groups is 1. The third-order valence-corrected chi connectivity index (χ3v) is 4.78. The monoisotopic (exact) mass is 392 g/mol. The van der Waals surface area contributed by atoms with Gasteiger partial charge in [-0.3, -0.25) is 9.79 Å². The molecule has 0 aliphatic carbocycles. The lowest BCUT2D eigenvalue weighted by molar-refractivity contribution is 0.0954. The summed E-state index contributed by atoms with van der Waals surface area (Å²) in [5.41, 5.74) is 0.476. The van der Waals surface area contributed by atoms with E-state index in [2.05, 4.69) is 20.9 Å². The fourth-order valence-corrected chi connectivity index (χ4v) is 3.10. The predicted octanol–water partition coefficient (Wildman–Crippen LogP) is 0.769. The standard InChI is InChI=1S/C20H32N4O4/c1-3-21-19(24-14-20(7-11-25)8-12-28-15-20)23-10-9-22-18(26)16-5-4-6-17(13-16)27-2/h4-6,13,25H,3,7-12,14-15H2,1-2H3,(H,22,26)(H2,21,23,24). The fourth-order valence-electron chi connectivity index (χ4n) is 3.10. The Morgan fingerprint density at radius 1 is 1.32 bits per heavy atom. The van der Waals surface area contributed by atoms with Crippen LogP contribution in [0.5, 0.6) is 5.75 Å². The van der Waals surface area contributed by atoms with Gasteiger partial charge in [0.15, 0.2) is 5.96 Å². The third-order valence-electron chi connectivity index (χ3n) is 4.78. The summed E-state index contributed by atoms with van der Waals surface area (Å²) >= 11 is 0. The van der Waals surface area contributed by atoms with Crippen LogP contribution in [-0.4, -0.2) is 70.1 Å². The molecule has 1 fully saturated rings. The van der Waals surface area contributed by atoms with Gasteiger partial charge in [0.2, 0.25) is 0 Å². The molecule has 28 heavy (non-hydrogen) atoms. The zero-order valence-electron chi connectivity index (χ0n) is 16.8. The Balaban J connectivity index is 1.81. The number of carbonyl (C=O) groups is 1. The summed E-state index contributed by atoms with van der Waals surface area (Å²) in [5, 5.41) is 18.6. The van der Waals surface area contributed by atoms with Gasteiger partial charge < -0.3 is 30.5 Å². The Bertz CT molecular complexity index is 645. The molecule has 8 nitrogen and oxygen atoms in total. The molecule has 1 amide bonds. The Kier molecular flexibility index (Phi) is 9.03. The number of amides is 1. The first kappa shape index (κ1) is 22.0. The molecule has 2 rings (SSSR count). The molecule has 0 saturated carbocycles. The zero-order valence-corrected chi connectivity index (χ0v) is 16.8. The van der Waals surface area contributed by atoms with Crippen molar-refractivity contribution >= 4 is 11.9 Å². The van der Waals surface area contributed by atoms with Gasteiger partial charge in [-0.25, -0.2) is 0 Å². The van der Waals surface area contributed by atoms with Crippen LogP contribution in [-0.2, 0) is 4.74 Å². The van der Waals surface area contributed by atoms with Gasteiger partial charge >= 0.3 is 0 Å². The maximum absolute atomic E-state index is 12.2. The maximum Gasteiger partial charge on any atom is 0.251 e. The highest BCUT2D eigenvalue weighted by Gasteiger charge is 2.34. The number of aliphatic hydroxyl groups excluding tert-OH is 1. The molecule has 1 heterocycles. The van der Waals surface area contributed by atoms with Crippen LogP contribution >= 0.6 is 0 Å². The van der Waals surface area contributed by atoms with Crippen molar-refractivity contribution in [2.75, 3.05) is 53.1 Å². The van der Waals surface area contributed by atoms with E-state index in [1.165, 1.54) is 0 Å². The number of guanidine groups is 1. The lowest BCUT2D eigenvalue weighted by Gasteiger charge is -2.24. The molecule has 4 N–H and O–H groups in total. The number of nitrogens with zero attached hydrogens (tertiary/aromatic N) is 1. The van der Waals surface area contributed by atoms with Gasteiger partial charge in [0.25, 0.3) is 5.91 Å². The average Bonchev–Trinajstić information content (AvgIpc) is 3.18. The number of benzene rings is 1. The Morgan fingerprint density at radius 2 is 2.14 bits per heavy atom. The van der Waals surface area contributed by atoms with E-state index in [4.69, 9.17) is 9.47 Å². The first-order valence-corrected chi connectivity index (χ1v) is 9.75. The molecular formula is C20H32N4O4. The highest BCUT2D eigenvalue weighted by Crippen LogP contribution is 2.32. The molecule has 0 spiro atoms. The molecule has 1 saturated heterocycles. The summed E-state index contributed by atoms with van der Waals surface area (Å²) in [5.74, 6) is 1.20.